The van der Waals surface area contributed by atoms with Crippen LogP contribution in [0, 0.1) is 6.92 Å². The summed E-state index contributed by atoms with van der Waals surface area (Å²) in [4.78, 5) is 33.7. The van der Waals surface area contributed by atoms with Crippen LogP contribution in [0.1, 0.15) is 28.8 Å². The van der Waals surface area contributed by atoms with E-state index in [-0.39, 0.29) is 12.8 Å². The van der Waals surface area contributed by atoms with E-state index in [4.69, 9.17) is 10.8 Å². The number of nitrogens with two attached hydrogens (primary N) is 1. The summed E-state index contributed by atoms with van der Waals surface area (Å²) in [5, 5.41) is 11.4. The number of aryl methyl sites for hydroxylation is 1. The number of carbonyl (C=O) groups excluding carboxylic acids is 2. The lowest BCUT2D eigenvalue weighted by Gasteiger charge is -2.14. The van der Waals surface area contributed by atoms with Crippen molar-refractivity contribution in [2.75, 3.05) is 0 Å². The number of rotatable bonds is 6. The summed E-state index contributed by atoms with van der Waals surface area (Å²) < 4.78 is 0.728. The van der Waals surface area contributed by atoms with Gasteiger partial charge in [0.1, 0.15) is 6.04 Å². The molecule has 0 aromatic heterocycles. The van der Waals surface area contributed by atoms with Gasteiger partial charge in [-0.3, -0.25) is 9.59 Å². The van der Waals surface area contributed by atoms with Gasteiger partial charge in [-0.1, -0.05) is 15.9 Å². The highest BCUT2D eigenvalue weighted by molar-refractivity contribution is 9.10. The van der Waals surface area contributed by atoms with Crippen LogP contribution in [-0.2, 0) is 9.59 Å². The molecule has 0 aliphatic carbocycles. The topological polar surface area (TPSA) is 109 Å². The van der Waals surface area contributed by atoms with E-state index >= 15 is 0 Å². The second-order valence-electron chi connectivity index (χ2n) is 4.39. The van der Waals surface area contributed by atoms with E-state index in [1.54, 1.807) is 12.1 Å². The zero-order chi connectivity index (χ0) is 15.3. The van der Waals surface area contributed by atoms with Gasteiger partial charge in [0, 0.05) is 16.5 Å². The van der Waals surface area contributed by atoms with E-state index in [0.29, 0.717) is 5.56 Å². The highest BCUT2D eigenvalue weighted by Crippen LogP contribution is 2.15. The average molecular weight is 343 g/mol. The number of carboxylic acids is 1. The van der Waals surface area contributed by atoms with E-state index in [1.165, 1.54) is 0 Å². The first-order chi connectivity index (χ1) is 9.29. The molecule has 0 fully saturated rings. The third-order valence-corrected chi connectivity index (χ3v) is 3.04. The lowest BCUT2D eigenvalue weighted by Crippen LogP contribution is -2.41. The first-order valence-corrected chi connectivity index (χ1v) is 6.68. The number of carboxylic acid groups (broad SMARTS) is 1. The zero-order valence-corrected chi connectivity index (χ0v) is 12.4. The van der Waals surface area contributed by atoms with Crippen molar-refractivity contribution in [1.29, 1.82) is 0 Å². The molecule has 20 heavy (non-hydrogen) atoms. The van der Waals surface area contributed by atoms with Crippen LogP contribution in [0.15, 0.2) is 22.7 Å². The first-order valence-electron chi connectivity index (χ1n) is 5.88. The van der Waals surface area contributed by atoms with Gasteiger partial charge in [-0.2, -0.15) is 0 Å². The normalized spacial score (nSPS) is 11.7. The summed E-state index contributed by atoms with van der Waals surface area (Å²) in [5.41, 5.74) is 6.19. The molecule has 1 aromatic rings. The molecular formula is C13H15BrN2O4. The van der Waals surface area contributed by atoms with E-state index in [2.05, 4.69) is 21.2 Å². The fraction of sp³-hybridized carbons (Fsp3) is 0.308. The molecule has 0 saturated heterocycles. The van der Waals surface area contributed by atoms with Crippen molar-refractivity contribution in [3.05, 3.63) is 33.8 Å². The van der Waals surface area contributed by atoms with E-state index in [0.717, 1.165) is 10.0 Å². The molecule has 0 saturated carbocycles. The third kappa shape index (κ3) is 5.00. The molecule has 1 aromatic carbocycles. The Morgan fingerprint density at radius 3 is 2.50 bits per heavy atom. The van der Waals surface area contributed by atoms with Crippen LogP contribution in [-0.4, -0.2) is 28.9 Å². The van der Waals surface area contributed by atoms with E-state index in [1.807, 2.05) is 13.0 Å². The number of halogens is 1. The van der Waals surface area contributed by atoms with Crippen molar-refractivity contribution in [2.24, 2.45) is 5.73 Å². The Morgan fingerprint density at radius 1 is 1.35 bits per heavy atom. The van der Waals surface area contributed by atoms with Crippen molar-refractivity contribution >= 4 is 33.7 Å². The maximum absolute atomic E-state index is 12.0. The fourth-order valence-electron chi connectivity index (χ4n) is 1.65. The van der Waals surface area contributed by atoms with Gasteiger partial charge in [0.15, 0.2) is 0 Å². The van der Waals surface area contributed by atoms with Crippen LogP contribution < -0.4 is 11.1 Å². The molecule has 108 valence electrons. The van der Waals surface area contributed by atoms with Gasteiger partial charge in [-0.05, 0) is 37.1 Å². The minimum Gasteiger partial charge on any atom is -0.480 e. The van der Waals surface area contributed by atoms with E-state index in [9.17, 15) is 14.4 Å². The van der Waals surface area contributed by atoms with Gasteiger partial charge in [0.05, 0.1) is 0 Å². The quantitative estimate of drug-likeness (QED) is 0.721. The lowest BCUT2D eigenvalue weighted by molar-refractivity contribution is -0.139. The van der Waals surface area contributed by atoms with Gasteiger partial charge in [0.25, 0.3) is 5.91 Å². The van der Waals surface area contributed by atoms with Crippen LogP contribution in [0.2, 0.25) is 0 Å². The van der Waals surface area contributed by atoms with Crippen LogP contribution >= 0.6 is 15.9 Å². The van der Waals surface area contributed by atoms with Gasteiger partial charge in [-0.25, -0.2) is 4.79 Å². The molecule has 0 aliphatic heterocycles. The predicted molar refractivity (Wildman–Crippen MR) is 76.2 cm³/mol. The summed E-state index contributed by atoms with van der Waals surface area (Å²) in [7, 11) is 0. The van der Waals surface area contributed by atoms with Crippen LogP contribution in [0.25, 0.3) is 0 Å². The minimum absolute atomic E-state index is 0.0383. The van der Waals surface area contributed by atoms with Crippen LogP contribution in [0.3, 0.4) is 0 Å². The van der Waals surface area contributed by atoms with Crippen molar-refractivity contribution in [2.45, 2.75) is 25.8 Å². The molecule has 2 amide bonds. The van der Waals surface area contributed by atoms with Gasteiger partial charge in [-0.15, -0.1) is 0 Å². The fourth-order valence-corrected chi connectivity index (χ4v) is 2.26. The number of primary amides is 1. The summed E-state index contributed by atoms with van der Waals surface area (Å²) in [6, 6.07) is 3.93. The Bertz CT molecular complexity index is 525. The second kappa shape index (κ2) is 7.04. The molecule has 0 unspecified atom stereocenters. The van der Waals surface area contributed by atoms with Gasteiger partial charge in [0.2, 0.25) is 5.91 Å². The summed E-state index contributed by atoms with van der Waals surface area (Å²) in [6.45, 7) is 1.82. The number of amides is 2. The monoisotopic (exact) mass is 342 g/mol. The number of aliphatic carboxylic acids is 1. The molecule has 0 spiro atoms. The number of carbonyl (C=O) groups is 3. The number of hydrogen-bond acceptors (Lipinski definition) is 3. The van der Waals surface area contributed by atoms with Crippen molar-refractivity contribution < 1.29 is 19.5 Å². The van der Waals surface area contributed by atoms with Crippen LogP contribution in [0.4, 0.5) is 0 Å². The molecule has 6 nitrogen and oxygen atoms in total. The van der Waals surface area contributed by atoms with Gasteiger partial charge < -0.3 is 16.2 Å². The van der Waals surface area contributed by atoms with E-state index < -0.39 is 23.8 Å². The number of nitrogens with one attached hydrogen (secondary N) is 1. The Kier molecular flexibility index (Phi) is 5.69. The standard InChI is InChI=1S/C13H15BrN2O4/c1-7-4-8(6-9(14)5-7)12(18)16-10(13(19)20)2-3-11(15)17/h4-6,10H,2-3H2,1H3,(H2,15,17)(H,16,18)(H,19,20)/t10-/m0/s1. The maximum Gasteiger partial charge on any atom is 0.326 e. The molecule has 7 heteroatoms. The Hall–Kier alpha value is -1.89. The lowest BCUT2D eigenvalue weighted by atomic mass is 10.1. The van der Waals surface area contributed by atoms with Gasteiger partial charge >= 0.3 is 5.97 Å². The average Bonchev–Trinajstić information content (AvgIpc) is 2.32. The molecule has 0 radical (unpaired) electrons. The smallest absolute Gasteiger partial charge is 0.326 e. The summed E-state index contributed by atoms with van der Waals surface area (Å²) >= 11 is 3.27. The Balaban J connectivity index is 2.79. The minimum atomic E-state index is -1.20. The summed E-state index contributed by atoms with van der Waals surface area (Å²) in [6.07, 6.45) is -0.141. The largest absolute Gasteiger partial charge is 0.480 e. The number of hydrogen-bond donors (Lipinski definition) is 3. The van der Waals surface area contributed by atoms with Crippen molar-refractivity contribution in [3.63, 3.8) is 0 Å². The second-order valence-corrected chi connectivity index (χ2v) is 5.30. The highest BCUT2D eigenvalue weighted by atomic mass is 79.9. The molecule has 0 aliphatic rings. The first kappa shape index (κ1) is 16.2. The third-order valence-electron chi connectivity index (χ3n) is 2.59. The van der Waals surface area contributed by atoms with Crippen molar-refractivity contribution in [1.82, 2.24) is 5.32 Å². The zero-order valence-electron chi connectivity index (χ0n) is 10.9. The molecule has 1 rings (SSSR count). The Labute approximate surface area is 124 Å². The highest BCUT2D eigenvalue weighted by Gasteiger charge is 2.21. The van der Waals surface area contributed by atoms with Crippen molar-refractivity contribution in [3.8, 4) is 0 Å². The molecule has 1 atom stereocenters. The number of benzene rings is 1. The molecular weight excluding hydrogens is 328 g/mol. The van der Waals surface area contributed by atoms with Crippen LogP contribution in [0.5, 0.6) is 0 Å². The maximum atomic E-state index is 12.0. The predicted octanol–water partition coefficient (Wildman–Crippen LogP) is 1.21. The molecule has 4 N–H and O–H groups in total. The molecule has 0 bridgehead atoms. The Morgan fingerprint density at radius 2 is 2.00 bits per heavy atom. The molecule has 0 heterocycles. The summed E-state index contributed by atoms with van der Waals surface area (Å²) in [5.74, 6) is -2.32. The SMILES string of the molecule is Cc1cc(Br)cc(C(=O)N[C@@H](CCC(N)=O)C(=O)O)c1.